The van der Waals surface area contributed by atoms with Crippen molar-refractivity contribution < 1.29 is 35.6 Å². The van der Waals surface area contributed by atoms with Gasteiger partial charge in [-0.05, 0) is 24.8 Å². The molecule has 0 atom stereocenters. The average molecular weight is 506 g/mol. The number of para-hydroxylation sites is 1. The summed E-state index contributed by atoms with van der Waals surface area (Å²) in [5.74, 6) is -0.115. The second kappa shape index (κ2) is 12.9. The molecule has 10 heteroatoms. The number of nitrogens with zero attached hydrogens (tertiary/aromatic N) is 3. The Hall–Kier alpha value is -2.72. The minimum atomic E-state index is -0.324. The third kappa shape index (κ3) is 7.80. The number of benzene rings is 1. The van der Waals surface area contributed by atoms with Crippen LogP contribution in [0.5, 0.6) is 0 Å². The first-order valence-corrected chi connectivity index (χ1v) is 10.9. The van der Waals surface area contributed by atoms with Gasteiger partial charge in [0.15, 0.2) is 12.4 Å². The van der Waals surface area contributed by atoms with Crippen LogP contribution in [0.4, 0.5) is 5.69 Å². The van der Waals surface area contributed by atoms with Gasteiger partial charge in [-0.2, -0.15) is 0 Å². The van der Waals surface area contributed by atoms with Crippen molar-refractivity contribution in [2.45, 2.75) is 37.6 Å². The molecular formula is C21H24BrN5O3S. The predicted molar refractivity (Wildman–Crippen MR) is 113 cm³/mol. The topological polar surface area (TPSA) is 101 Å². The van der Waals surface area contributed by atoms with E-state index in [1.807, 2.05) is 36.8 Å². The third-order valence-corrected chi connectivity index (χ3v) is 4.83. The Morgan fingerprint density at radius 3 is 2.58 bits per heavy atom. The highest BCUT2D eigenvalue weighted by Crippen LogP contribution is 2.16. The van der Waals surface area contributed by atoms with E-state index in [1.54, 1.807) is 24.3 Å². The monoisotopic (exact) mass is 505 g/mol. The van der Waals surface area contributed by atoms with Crippen LogP contribution >= 0.6 is 11.8 Å². The number of carbonyl (C=O) groups is 2. The molecule has 0 bridgehead atoms. The van der Waals surface area contributed by atoms with Crippen molar-refractivity contribution in [1.82, 2.24) is 15.5 Å². The molecule has 2 heterocycles. The lowest BCUT2D eigenvalue weighted by Gasteiger charge is -2.10. The Morgan fingerprint density at radius 2 is 1.84 bits per heavy atom. The number of unbranched alkanes of at least 4 members (excludes halogenated alkanes) is 1. The molecule has 8 nitrogen and oxygen atoms in total. The van der Waals surface area contributed by atoms with Crippen LogP contribution in [0, 0.1) is 0 Å². The highest BCUT2D eigenvalue weighted by Gasteiger charge is 2.14. The van der Waals surface area contributed by atoms with E-state index >= 15 is 0 Å². The van der Waals surface area contributed by atoms with Gasteiger partial charge in [-0.3, -0.25) is 9.59 Å². The van der Waals surface area contributed by atoms with Gasteiger partial charge in [-0.25, -0.2) is 4.57 Å². The number of aryl methyl sites for hydroxylation is 1. The zero-order valence-corrected chi connectivity index (χ0v) is 19.5. The van der Waals surface area contributed by atoms with Crippen LogP contribution in [0.3, 0.4) is 0 Å². The van der Waals surface area contributed by atoms with Gasteiger partial charge in [-0.1, -0.05) is 30.0 Å². The van der Waals surface area contributed by atoms with Crippen molar-refractivity contribution in [2.75, 3.05) is 11.6 Å². The van der Waals surface area contributed by atoms with Crippen molar-refractivity contribution in [2.24, 2.45) is 0 Å². The summed E-state index contributed by atoms with van der Waals surface area (Å²) in [6.07, 6.45) is 7.89. The second-order valence-corrected chi connectivity index (χ2v) is 7.27. The van der Waals surface area contributed by atoms with E-state index in [9.17, 15) is 9.59 Å². The first kappa shape index (κ1) is 24.5. The van der Waals surface area contributed by atoms with E-state index < -0.39 is 0 Å². The number of anilines is 1. The summed E-state index contributed by atoms with van der Waals surface area (Å²) >= 11 is 1.33. The molecule has 3 aromatic rings. The highest BCUT2D eigenvalue weighted by atomic mass is 79.9. The quantitative estimate of drug-likeness (QED) is 0.225. The van der Waals surface area contributed by atoms with Gasteiger partial charge < -0.3 is 32.0 Å². The summed E-state index contributed by atoms with van der Waals surface area (Å²) in [5.41, 5.74) is 0.864. The van der Waals surface area contributed by atoms with E-state index in [4.69, 9.17) is 4.42 Å². The molecule has 2 amide bonds. The van der Waals surface area contributed by atoms with Gasteiger partial charge in [0, 0.05) is 25.0 Å². The molecule has 0 unspecified atom stereocenters. The molecule has 1 aromatic carbocycles. The smallest absolute Gasteiger partial charge is 0.276 e. The minimum Gasteiger partial charge on any atom is -1.00 e. The summed E-state index contributed by atoms with van der Waals surface area (Å²) in [6.45, 7) is 0.979. The van der Waals surface area contributed by atoms with Gasteiger partial charge in [0.2, 0.25) is 11.8 Å². The fourth-order valence-electron chi connectivity index (χ4n) is 2.81. The number of thioether (sulfide) groups is 1. The Bertz CT molecular complexity index is 984. The number of halogens is 1. The Kier molecular flexibility index (Phi) is 10.2. The normalized spacial score (nSPS) is 10.2. The average Bonchev–Trinajstić information content (AvgIpc) is 3.24. The van der Waals surface area contributed by atoms with Crippen LogP contribution in [-0.2, 0) is 17.9 Å². The predicted octanol–water partition coefficient (Wildman–Crippen LogP) is -0.178. The number of rotatable bonds is 10. The number of aromatic nitrogens is 3. The molecule has 3 rings (SSSR count). The summed E-state index contributed by atoms with van der Waals surface area (Å²) in [5, 5.41) is 13.7. The summed E-state index contributed by atoms with van der Waals surface area (Å²) in [7, 11) is 0. The van der Waals surface area contributed by atoms with Gasteiger partial charge >= 0.3 is 0 Å². The maximum Gasteiger partial charge on any atom is 0.276 e. The first-order chi connectivity index (χ1) is 14.7. The number of hydrogen-bond acceptors (Lipinski definition) is 6. The molecule has 0 fully saturated rings. The first-order valence-electron chi connectivity index (χ1n) is 9.63. The number of nitrogens with one attached hydrogen (secondary N) is 2. The van der Waals surface area contributed by atoms with Gasteiger partial charge in [0.1, 0.15) is 6.54 Å². The molecule has 2 N–H and O–H groups in total. The van der Waals surface area contributed by atoms with Crippen LogP contribution in [0.15, 0.2) is 64.5 Å². The number of carbonyl (C=O) groups excluding carboxylic acids is 2. The van der Waals surface area contributed by atoms with Crippen LogP contribution in [0.25, 0.3) is 0 Å². The molecule has 2 aromatic heterocycles. The van der Waals surface area contributed by atoms with Gasteiger partial charge in [0.05, 0.1) is 17.8 Å². The van der Waals surface area contributed by atoms with E-state index in [2.05, 4.69) is 25.4 Å². The fraction of sp³-hybridized carbons (Fsp3) is 0.286. The van der Waals surface area contributed by atoms with Crippen molar-refractivity contribution in [3.05, 3.63) is 66.3 Å². The Balaban J connectivity index is 0.00000341. The molecule has 31 heavy (non-hydrogen) atoms. The highest BCUT2D eigenvalue weighted by molar-refractivity contribution is 7.98. The van der Waals surface area contributed by atoms with Crippen LogP contribution in [-0.4, -0.2) is 28.3 Å². The van der Waals surface area contributed by atoms with Crippen molar-refractivity contribution in [1.29, 1.82) is 0 Å². The number of hydrogen-bond donors (Lipinski definition) is 2. The molecule has 164 valence electrons. The summed E-state index contributed by atoms with van der Waals surface area (Å²) in [6, 6.07) is 12.8. The molecule has 0 aliphatic rings. The Labute approximate surface area is 195 Å². The van der Waals surface area contributed by atoms with Crippen molar-refractivity contribution in [3.63, 3.8) is 0 Å². The van der Waals surface area contributed by atoms with E-state index in [0.29, 0.717) is 28.8 Å². The zero-order valence-electron chi connectivity index (χ0n) is 17.1. The van der Waals surface area contributed by atoms with Gasteiger partial charge in [0.25, 0.3) is 11.1 Å². The third-order valence-electron chi connectivity index (χ3n) is 4.32. The molecule has 0 aliphatic heterocycles. The van der Waals surface area contributed by atoms with E-state index in [1.165, 1.54) is 11.8 Å². The van der Waals surface area contributed by atoms with Crippen molar-refractivity contribution in [3.8, 4) is 0 Å². The lowest BCUT2D eigenvalue weighted by atomic mass is 10.1. The largest absolute Gasteiger partial charge is 1.00 e. The molecular weight excluding hydrogens is 482 g/mol. The Morgan fingerprint density at radius 1 is 1.06 bits per heavy atom. The second-order valence-electron chi connectivity index (χ2n) is 6.51. The van der Waals surface area contributed by atoms with E-state index in [-0.39, 0.29) is 35.3 Å². The van der Waals surface area contributed by atoms with E-state index in [0.717, 1.165) is 19.4 Å². The lowest BCUT2D eigenvalue weighted by molar-refractivity contribution is -0.697. The lowest BCUT2D eigenvalue weighted by Crippen LogP contribution is -3.00. The SMILES string of the molecule is CSc1nnc(CNC(=O)c2ccccc2NC(=O)CCCC[n+]2ccccc2)o1.[Br-]. The van der Waals surface area contributed by atoms with Crippen LogP contribution in [0.2, 0.25) is 0 Å². The number of pyridine rings is 1. The van der Waals surface area contributed by atoms with Crippen molar-refractivity contribution >= 4 is 29.3 Å². The molecule has 0 saturated carbocycles. The standard InChI is InChI=1S/C21H23N5O3S.BrH/c1-30-21-25-24-19(29-21)15-22-20(28)16-9-3-4-10-17(16)23-18(27)11-5-8-14-26-12-6-2-7-13-26;/h2-4,6-7,9-10,12-13H,5,8,11,14-15H2,1H3,(H-,22,23,27,28);1H. The number of amides is 2. The summed E-state index contributed by atoms with van der Waals surface area (Å²) in [4.78, 5) is 24.9. The summed E-state index contributed by atoms with van der Waals surface area (Å²) < 4.78 is 7.44. The fourth-order valence-corrected chi connectivity index (χ4v) is 3.11. The maximum absolute atomic E-state index is 12.6. The maximum atomic E-state index is 12.6. The van der Waals surface area contributed by atoms with Crippen LogP contribution < -0.4 is 32.2 Å². The van der Waals surface area contributed by atoms with Gasteiger partial charge in [-0.15, -0.1) is 10.2 Å². The molecule has 0 aliphatic carbocycles. The van der Waals surface area contributed by atoms with Crippen LogP contribution in [0.1, 0.15) is 35.5 Å². The molecule has 0 spiro atoms. The molecule has 0 radical (unpaired) electrons. The minimum absolute atomic E-state index is 0. The molecule has 0 saturated heterocycles. The zero-order chi connectivity index (χ0) is 21.2.